The number of nitrogens with zero attached hydrogens (tertiary/aromatic N) is 1. The highest BCUT2D eigenvalue weighted by atomic mass is 16.5. The number of ether oxygens (including phenoxy) is 1. The number of rotatable bonds is 5. The van der Waals surface area contributed by atoms with Crippen molar-refractivity contribution in [2.75, 3.05) is 12.0 Å². The standard InChI is InChI=1S/C19H17NO3/c1-22-17-10-5-7-15(13-17)19(21)20(14-18-11-6-12-23-18)16-8-3-2-4-9-16/h2-13H,14H2,1H3. The monoisotopic (exact) mass is 307 g/mol. The van der Waals surface area contributed by atoms with Gasteiger partial charge in [-0.3, -0.25) is 4.79 Å². The fourth-order valence-electron chi connectivity index (χ4n) is 2.36. The van der Waals surface area contributed by atoms with E-state index in [0.29, 0.717) is 17.9 Å². The number of furan rings is 1. The third kappa shape index (κ3) is 3.43. The third-order valence-corrected chi connectivity index (χ3v) is 3.52. The topological polar surface area (TPSA) is 42.7 Å². The molecule has 0 aliphatic rings. The molecule has 1 amide bonds. The molecule has 0 spiro atoms. The summed E-state index contributed by atoms with van der Waals surface area (Å²) in [4.78, 5) is 14.7. The maximum atomic E-state index is 13.0. The Balaban J connectivity index is 1.95. The van der Waals surface area contributed by atoms with Crippen LogP contribution in [0.4, 0.5) is 5.69 Å². The Labute approximate surface area is 134 Å². The molecular weight excluding hydrogens is 290 g/mol. The van der Waals surface area contributed by atoms with E-state index in [2.05, 4.69) is 0 Å². The lowest BCUT2D eigenvalue weighted by Crippen LogP contribution is -2.30. The number of hydrogen-bond acceptors (Lipinski definition) is 3. The summed E-state index contributed by atoms with van der Waals surface area (Å²) in [7, 11) is 1.58. The van der Waals surface area contributed by atoms with Crippen molar-refractivity contribution in [1.29, 1.82) is 0 Å². The normalized spacial score (nSPS) is 10.3. The lowest BCUT2D eigenvalue weighted by Gasteiger charge is -2.22. The zero-order valence-corrected chi connectivity index (χ0v) is 12.8. The number of para-hydroxylation sites is 1. The van der Waals surface area contributed by atoms with Crippen molar-refractivity contribution in [3.63, 3.8) is 0 Å². The van der Waals surface area contributed by atoms with Crippen LogP contribution in [0.15, 0.2) is 77.4 Å². The van der Waals surface area contributed by atoms with Crippen molar-refractivity contribution >= 4 is 11.6 Å². The predicted octanol–water partition coefficient (Wildman–Crippen LogP) is 4.14. The quantitative estimate of drug-likeness (QED) is 0.711. The smallest absolute Gasteiger partial charge is 0.258 e. The zero-order valence-electron chi connectivity index (χ0n) is 12.8. The van der Waals surface area contributed by atoms with Gasteiger partial charge in [-0.25, -0.2) is 0 Å². The summed E-state index contributed by atoms with van der Waals surface area (Å²) in [5, 5.41) is 0. The number of anilines is 1. The molecule has 0 bridgehead atoms. The molecule has 0 unspecified atom stereocenters. The van der Waals surface area contributed by atoms with E-state index in [9.17, 15) is 4.79 Å². The number of carbonyl (C=O) groups is 1. The van der Waals surface area contributed by atoms with Crippen molar-refractivity contribution in [3.05, 3.63) is 84.3 Å². The van der Waals surface area contributed by atoms with Gasteiger partial charge in [0.25, 0.3) is 5.91 Å². The Kier molecular flexibility index (Phi) is 4.43. The van der Waals surface area contributed by atoms with Gasteiger partial charge < -0.3 is 14.1 Å². The Hall–Kier alpha value is -3.01. The van der Waals surface area contributed by atoms with Gasteiger partial charge in [0.05, 0.1) is 19.9 Å². The number of carbonyl (C=O) groups excluding carboxylic acids is 1. The molecule has 23 heavy (non-hydrogen) atoms. The van der Waals surface area contributed by atoms with Crippen LogP contribution in [-0.2, 0) is 6.54 Å². The SMILES string of the molecule is COc1cccc(C(=O)N(Cc2ccco2)c2ccccc2)c1. The van der Waals surface area contributed by atoms with Gasteiger partial charge in [0.15, 0.2) is 0 Å². The summed E-state index contributed by atoms with van der Waals surface area (Å²) in [5.41, 5.74) is 1.39. The van der Waals surface area contributed by atoms with E-state index in [-0.39, 0.29) is 5.91 Å². The zero-order chi connectivity index (χ0) is 16.1. The van der Waals surface area contributed by atoms with Crippen molar-refractivity contribution in [2.45, 2.75) is 6.54 Å². The van der Waals surface area contributed by atoms with Gasteiger partial charge in [-0.2, -0.15) is 0 Å². The van der Waals surface area contributed by atoms with E-state index < -0.39 is 0 Å². The van der Waals surface area contributed by atoms with Crippen LogP contribution in [0.2, 0.25) is 0 Å². The van der Waals surface area contributed by atoms with Gasteiger partial charge in [-0.05, 0) is 42.5 Å². The van der Waals surface area contributed by atoms with E-state index in [1.54, 1.807) is 30.4 Å². The molecule has 0 N–H and O–H groups in total. The second-order valence-electron chi connectivity index (χ2n) is 5.04. The summed E-state index contributed by atoms with van der Waals surface area (Å²) >= 11 is 0. The second-order valence-corrected chi connectivity index (χ2v) is 5.04. The highest BCUT2D eigenvalue weighted by Gasteiger charge is 2.19. The highest BCUT2D eigenvalue weighted by Crippen LogP contribution is 2.22. The molecule has 3 aromatic rings. The second kappa shape index (κ2) is 6.83. The molecule has 1 heterocycles. The van der Waals surface area contributed by atoms with Crippen LogP contribution in [-0.4, -0.2) is 13.0 Å². The van der Waals surface area contributed by atoms with E-state index in [4.69, 9.17) is 9.15 Å². The molecule has 0 saturated heterocycles. The largest absolute Gasteiger partial charge is 0.497 e. The van der Waals surface area contributed by atoms with Crippen molar-refractivity contribution in [2.24, 2.45) is 0 Å². The highest BCUT2D eigenvalue weighted by molar-refractivity contribution is 6.06. The van der Waals surface area contributed by atoms with E-state index in [0.717, 1.165) is 11.4 Å². The molecule has 0 radical (unpaired) electrons. The fourth-order valence-corrected chi connectivity index (χ4v) is 2.36. The van der Waals surface area contributed by atoms with E-state index in [1.165, 1.54) is 0 Å². The Morgan fingerprint density at radius 3 is 2.57 bits per heavy atom. The first kappa shape index (κ1) is 14.9. The van der Waals surface area contributed by atoms with Crippen molar-refractivity contribution in [3.8, 4) is 5.75 Å². The van der Waals surface area contributed by atoms with Gasteiger partial charge in [-0.1, -0.05) is 24.3 Å². The molecule has 0 fully saturated rings. The summed E-state index contributed by atoms with van der Waals surface area (Å²) in [6.45, 7) is 0.368. The predicted molar refractivity (Wildman–Crippen MR) is 88.7 cm³/mol. The average Bonchev–Trinajstić information content (AvgIpc) is 3.13. The molecule has 0 aliphatic heterocycles. The maximum Gasteiger partial charge on any atom is 0.258 e. The Morgan fingerprint density at radius 1 is 1.04 bits per heavy atom. The minimum Gasteiger partial charge on any atom is -0.497 e. The van der Waals surface area contributed by atoms with Crippen LogP contribution in [0, 0.1) is 0 Å². The minimum absolute atomic E-state index is 0.105. The van der Waals surface area contributed by atoms with Crippen molar-refractivity contribution < 1.29 is 13.9 Å². The summed E-state index contributed by atoms with van der Waals surface area (Å²) < 4.78 is 10.6. The molecular formula is C19H17NO3. The van der Waals surface area contributed by atoms with Gasteiger partial charge in [0.1, 0.15) is 11.5 Å². The first-order valence-electron chi connectivity index (χ1n) is 7.31. The van der Waals surface area contributed by atoms with Crippen LogP contribution in [0.3, 0.4) is 0 Å². The van der Waals surface area contributed by atoms with E-state index in [1.807, 2.05) is 54.6 Å². The molecule has 1 aromatic heterocycles. The van der Waals surface area contributed by atoms with Gasteiger partial charge in [-0.15, -0.1) is 0 Å². The van der Waals surface area contributed by atoms with Crippen LogP contribution >= 0.6 is 0 Å². The Bertz CT molecular complexity index is 766. The minimum atomic E-state index is -0.105. The lowest BCUT2D eigenvalue weighted by molar-refractivity contribution is 0.0983. The molecule has 4 heteroatoms. The summed E-state index contributed by atoms with van der Waals surface area (Å²) in [6, 6.07) is 20.4. The number of hydrogen-bond donors (Lipinski definition) is 0. The fraction of sp³-hybridized carbons (Fsp3) is 0.105. The van der Waals surface area contributed by atoms with Gasteiger partial charge in [0, 0.05) is 11.3 Å². The van der Waals surface area contributed by atoms with Gasteiger partial charge in [0.2, 0.25) is 0 Å². The first-order valence-corrected chi connectivity index (χ1v) is 7.31. The average molecular weight is 307 g/mol. The van der Waals surface area contributed by atoms with Crippen LogP contribution in [0.1, 0.15) is 16.1 Å². The molecule has 0 aliphatic carbocycles. The van der Waals surface area contributed by atoms with Crippen molar-refractivity contribution in [1.82, 2.24) is 0 Å². The Morgan fingerprint density at radius 2 is 1.87 bits per heavy atom. The molecule has 4 nitrogen and oxygen atoms in total. The number of benzene rings is 2. The van der Waals surface area contributed by atoms with E-state index >= 15 is 0 Å². The number of amides is 1. The first-order chi connectivity index (χ1) is 11.3. The third-order valence-electron chi connectivity index (χ3n) is 3.52. The molecule has 116 valence electrons. The summed E-state index contributed by atoms with van der Waals surface area (Å²) in [6.07, 6.45) is 1.61. The van der Waals surface area contributed by atoms with Crippen LogP contribution < -0.4 is 9.64 Å². The summed E-state index contributed by atoms with van der Waals surface area (Å²) in [5.74, 6) is 1.28. The molecule has 0 saturated carbocycles. The van der Waals surface area contributed by atoms with Crippen LogP contribution in [0.25, 0.3) is 0 Å². The molecule has 3 rings (SSSR count). The molecule has 2 aromatic carbocycles. The maximum absolute atomic E-state index is 13.0. The van der Waals surface area contributed by atoms with Gasteiger partial charge >= 0.3 is 0 Å². The van der Waals surface area contributed by atoms with Crippen LogP contribution in [0.5, 0.6) is 5.75 Å². The molecule has 0 atom stereocenters. The lowest BCUT2D eigenvalue weighted by atomic mass is 10.1. The number of methoxy groups -OCH3 is 1.